The Morgan fingerprint density at radius 3 is 2.52 bits per heavy atom. The number of rotatable bonds is 12. The van der Waals surface area contributed by atoms with Crippen molar-refractivity contribution in [3.8, 4) is 23.3 Å². The van der Waals surface area contributed by atoms with E-state index in [-0.39, 0.29) is 71.8 Å². The lowest BCUT2D eigenvalue weighted by Crippen LogP contribution is -2.60. The first-order valence-electron chi connectivity index (χ1n) is 29.3. The zero-order valence-electron chi connectivity index (χ0n) is 46.6. The van der Waals surface area contributed by atoms with Gasteiger partial charge in [-0.2, -0.15) is 4.98 Å². The van der Waals surface area contributed by atoms with E-state index in [0.717, 1.165) is 106 Å². The number of hydrogen-bond acceptors (Lipinski definition) is 19. The maximum Gasteiger partial charge on any atom is 0.297 e. The number of carbonyl (C=O) groups excluding carboxylic acids is 1. The number of nitrogens with zero attached hydrogens (tertiary/aromatic N) is 8. The SMILES string of the molecule is CC(C)Oc1ccccc1[C@@H]1CN([C@@H]2CCOc3nccnc32)CCN1C1CC2(CCN(c3ccc(C(=O)NS(=O)(=O)c4cc5c(c([N+](=O)[O-])c4)N[C@H](C4CCOCC4)CO5)c(N4c5cc6cc[nH]c6nc5O[C@H]5COCC[C@@H]54)c3)CC2)C1. The Kier molecular flexibility index (Phi) is 14.0. The van der Waals surface area contributed by atoms with Gasteiger partial charge in [0.15, 0.2) is 11.4 Å². The fraction of sp³-hybridized carbons (Fsp3) is 0.500. The molecule has 5 atom stereocenters. The summed E-state index contributed by atoms with van der Waals surface area (Å²) in [6, 6.07) is 20.3. The number of nitro benzene ring substituents is 1. The summed E-state index contributed by atoms with van der Waals surface area (Å²) in [4.78, 5) is 53.6. The number of nitro groups is 1. The van der Waals surface area contributed by atoms with Gasteiger partial charge >= 0.3 is 0 Å². The average molecular weight is 1150 g/mol. The molecule has 1 saturated carbocycles. The number of ether oxygens (including phenoxy) is 6. The molecule has 23 heteroatoms. The smallest absolute Gasteiger partial charge is 0.297 e. The largest absolute Gasteiger partial charge is 0.491 e. The van der Waals surface area contributed by atoms with Gasteiger partial charge in [-0.15, -0.1) is 0 Å². The third-order valence-corrected chi connectivity index (χ3v) is 19.9. The van der Waals surface area contributed by atoms with Crippen molar-refractivity contribution in [1.82, 2.24) is 34.5 Å². The van der Waals surface area contributed by atoms with E-state index in [1.807, 2.05) is 30.5 Å². The van der Waals surface area contributed by atoms with Gasteiger partial charge in [0.25, 0.3) is 21.6 Å². The Bertz CT molecular complexity index is 3560. The van der Waals surface area contributed by atoms with Crippen molar-refractivity contribution in [1.29, 1.82) is 0 Å². The summed E-state index contributed by atoms with van der Waals surface area (Å²) in [6.45, 7) is 11.0. The van der Waals surface area contributed by atoms with Crippen LogP contribution in [0.1, 0.15) is 98.9 Å². The Morgan fingerprint density at radius 2 is 1.69 bits per heavy atom. The highest BCUT2D eigenvalue weighted by atomic mass is 32.2. The predicted octanol–water partition coefficient (Wildman–Crippen LogP) is 8.09. The Morgan fingerprint density at radius 1 is 0.867 bits per heavy atom. The van der Waals surface area contributed by atoms with Gasteiger partial charge in [0.05, 0.1) is 64.6 Å². The highest BCUT2D eigenvalue weighted by molar-refractivity contribution is 7.90. The van der Waals surface area contributed by atoms with Crippen molar-refractivity contribution >= 4 is 55.4 Å². The molecule has 14 rings (SSSR count). The number of aromatic amines is 1. The number of carbonyl (C=O) groups is 1. The first-order valence-corrected chi connectivity index (χ1v) is 30.8. The van der Waals surface area contributed by atoms with Crippen LogP contribution in [0.2, 0.25) is 0 Å². The zero-order valence-corrected chi connectivity index (χ0v) is 47.4. The van der Waals surface area contributed by atoms with Crippen molar-refractivity contribution in [3.05, 3.63) is 112 Å². The monoisotopic (exact) mass is 1150 g/mol. The van der Waals surface area contributed by atoms with Gasteiger partial charge < -0.3 is 48.5 Å². The number of fused-ring (bicyclic) bond motifs is 5. The molecule has 436 valence electrons. The summed E-state index contributed by atoms with van der Waals surface area (Å²) < 4.78 is 67.8. The van der Waals surface area contributed by atoms with Crippen LogP contribution in [0.4, 0.5) is 28.4 Å². The summed E-state index contributed by atoms with van der Waals surface area (Å²) >= 11 is 0. The lowest BCUT2D eigenvalue weighted by molar-refractivity contribution is -0.384. The number of anilines is 4. The number of pyridine rings is 1. The molecule has 0 unspecified atom stereocenters. The highest BCUT2D eigenvalue weighted by Crippen LogP contribution is 2.55. The standard InChI is InChI=1S/C60H69N11O11S/c1-36(2)81-51-6-4-3-5-42(51)50-33-68(46-13-26-79-59-55(46)61-17-18-63-59)21-22-69(50)40-31-60(32-40)14-19-67(20-15-60)39-7-8-43(47(28-39)70-45-12-25-78-35-53(45)82-58-49(70)27-38-9-16-62-56(38)65-58)57(72)66-83(75,76)41-29-48(71(73)74)54-52(30-41)80-34-44(64-54)37-10-23-77-24-11-37/h3-9,16-18,27-30,36-37,40,44-46,50,53,64H,10-15,19-26,31-35H2,1-2H3,(H,62,65)(H,66,72)/t44-,45-,46+,50-,53-/m0/s1. The molecule has 3 aromatic heterocycles. The molecule has 3 N–H and O–H groups in total. The molecule has 1 spiro atoms. The molecule has 5 fully saturated rings. The molecule has 0 radical (unpaired) electrons. The Labute approximate surface area is 481 Å². The van der Waals surface area contributed by atoms with Crippen LogP contribution >= 0.6 is 0 Å². The molecule has 3 aromatic carbocycles. The second kappa shape index (κ2) is 21.7. The third kappa shape index (κ3) is 10.1. The van der Waals surface area contributed by atoms with Gasteiger partial charge in [-0.25, -0.2) is 18.1 Å². The maximum atomic E-state index is 15.0. The summed E-state index contributed by atoms with van der Waals surface area (Å²) in [5, 5.41) is 16.7. The fourth-order valence-corrected chi connectivity index (χ4v) is 15.4. The van der Waals surface area contributed by atoms with E-state index in [2.05, 4.69) is 77.7 Å². The molecular formula is C60H69N11O11S. The number of hydrogen-bond donors (Lipinski definition) is 3. The number of sulfonamides is 1. The number of amides is 1. The van der Waals surface area contributed by atoms with E-state index >= 15 is 0 Å². The van der Waals surface area contributed by atoms with Crippen molar-refractivity contribution < 1.29 is 46.6 Å². The number of piperidine rings is 1. The van der Waals surface area contributed by atoms with E-state index in [1.54, 1.807) is 18.5 Å². The first-order chi connectivity index (χ1) is 40.3. The van der Waals surface area contributed by atoms with Gasteiger partial charge in [0, 0.05) is 112 Å². The topological polar surface area (TPSA) is 241 Å². The van der Waals surface area contributed by atoms with Gasteiger partial charge in [-0.3, -0.25) is 29.7 Å². The van der Waals surface area contributed by atoms with Crippen LogP contribution in [0.5, 0.6) is 23.3 Å². The Hall–Kier alpha value is -7.31. The van der Waals surface area contributed by atoms with Crippen LogP contribution in [0.15, 0.2) is 90.2 Å². The van der Waals surface area contributed by atoms with E-state index in [1.165, 1.54) is 11.6 Å². The van der Waals surface area contributed by atoms with Gasteiger partial charge in [-0.1, -0.05) is 18.2 Å². The van der Waals surface area contributed by atoms with E-state index in [4.69, 9.17) is 38.4 Å². The van der Waals surface area contributed by atoms with Gasteiger partial charge in [0.2, 0.25) is 11.8 Å². The predicted molar refractivity (Wildman–Crippen MR) is 308 cm³/mol. The summed E-state index contributed by atoms with van der Waals surface area (Å²) in [5.74, 6) is 1.19. The average Bonchev–Trinajstić information content (AvgIpc) is 4.15. The quantitative estimate of drug-likeness (QED) is 0.0774. The lowest BCUT2D eigenvalue weighted by atomic mass is 9.59. The van der Waals surface area contributed by atoms with Crippen molar-refractivity contribution in [2.75, 3.05) is 87.5 Å². The molecule has 8 aliphatic rings. The van der Waals surface area contributed by atoms with Crippen LogP contribution in [0.3, 0.4) is 0 Å². The molecule has 6 aromatic rings. The summed E-state index contributed by atoms with van der Waals surface area (Å²) in [7, 11) is -4.72. The number of nitrogens with one attached hydrogen (secondary N) is 3. The molecule has 4 saturated heterocycles. The molecule has 1 amide bonds. The third-order valence-electron chi connectivity index (χ3n) is 18.6. The van der Waals surface area contributed by atoms with Crippen molar-refractivity contribution in [3.63, 3.8) is 0 Å². The maximum absolute atomic E-state index is 15.0. The molecule has 0 bridgehead atoms. The fourth-order valence-electron chi connectivity index (χ4n) is 14.4. The van der Waals surface area contributed by atoms with Crippen molar-refractivity contribution in [2.24, 2.45) is 11.3 Å². The van der Waals surface area contributed by atoms with Crippen LogP contribution in [0, 0.1) is 21.4 Å². The highest BCUT2D eigenvalue weighted by Gasteiger charge is 2.51. The van der Waals surface area contributed by atoms with Crippen LogP contribution in [-0.4, -0.2) is 152 Å². The van der Waals surface area contributed by atoms with E-state index in [0.29, 0.717) is 67.7 Å². The Balaban J connectivity index is 0.740. The first kappa shape index (κ1) is 53.7. The minimum atomic E-state index is -4.72. The van der Waals surface area contributed by atoms with Crippen molar-refractivity contribution in [2.45, 2.75) is 113 Å². The summed E-state index contributed by atoms with van der Waals surface area (Å²) in [6.07, 6.45) is 11.9. The normalized spacial score (nSPS) is 24.7. The number of piperazine rings is 1. The molecule has 83 heavy (non-hydrogen) atoms. The van der Waals surface area contributed by atoms with Gasteiger partial charge in [0.1, 0.15) is 35.5 Å². The lowest BCUT2D eigenvalue weighted by Gasteiger charge is -2.58. The van der Waals surface area contributed by atoms with E-state index < -0.39 is 37.5 Å². The second-order valence-corrected chi connectivity index (χ2v) is 25.5. The number of benzene rings is 3. The number of H-pyrrole nitrogens is 1. The van der Waals surface area contributed by atoms with Crippen LogP contribution in [-0.2, 0) is 19.5 Å². The van der Waals surface area contributed by atoms with Crippen LogP contribution < -0.4 is 38.8 Å². The van der Waals surface area contributed by atoms with E-state index in [9.17, 15) is 23.3 Å². The number of aromatic nitrogens is 4. The van der Waals surface area contributed by atoms with Gasteiger partial charge in [-0.05, 0) is 107 Å². The molecular weight excluding hydrogens is 1080 g/mol. The molecule has 22 nitrogen and oxygen atoms in total. The second-order valence-electron chi connectivity index (χ2n) is 23.8. The zero-order chi connectivity index (χ0) is 56.6. The summed E-state index contributed by atoms with van der Waals surface area (Å²) in [5.41, 5.74) is 4.64. The minimum Gasteiger partial charge on any atom is -0.491 e. The molecule has 10 heterocycles. The van der Waals surface area contributed by atoms with Crippen LogP contribution in [0.25, 0.3) is 11.0 Å². The number of para-hydroxylation sites is 1. The minimum absolute atomic E-state index is 0.0224. The molecule has 1 aliphatic carbocycles. The molecule has 7 aliphatic heterocycles.